The average Bonchev–Trinajstić information content (AvgIpc) is 2.97. The van der Waals surface area contributed by atoms with Crippen LogP contribution in [0, 0.1) is 11.3 Å². The molecule has 1 N–H and O–H groups in total. The molecule has 0 aliphatic rings. The van der Waals surface area contributed by atoms with E-state index < -0.39 is 0 Å². The summed E-state index contributed by atoms with van der Waals surface area (Å²) in [5, 5.41) is 9.52. The van der Waals surface area contributed by atoms with E-state index in [0.717, 1.165) is 22.3 Å². The van der Waals surface area contributed by atoms with Crippen LogP contribution >= 0.6 is 0 Å². The average molecular weight is 303 g/mol. The smallest absolute Gasteiger partial charge is 0.149 e. The van der Waals surface area contributed by atoms with E-state index in [4.69, 9.17) is 4.74 Å². The maximum Gasteiger partial charge on any atom is 0.149 e. The standard InChI is InChI=1S/C19H17N3O/c1-13(2)23-18-10-6-3-7-14(18)11-15(12-20)19-21-16-8-4-5-9-17(16)22-19/h3-11,13H,1-2H3,(H,21,22). The van der Waals surface area contributed by atoms with Gasteiger partial charge in [-0.15, -0.1) is 0 Å². The lowest BCUT2D eigenvalue weighted by Gasteiger charge is -2.12. The molecule has 0 bridgehead atoms. The van der Waals surface area contributed by atoms with Crippen LogP contribution in [0.2, 0.25) is 0 Å². The number of allylic oxidation sites excluding steroid dienone is 1. The number of nitrogens with zero attached hydrogens (tertiary/aromatic N) is 2. The quantitative estimate of drug-likeness (QED) is 0.726. The highest BCUT2D eigenvalue weighted by Gasteiger charge is 2.10. The maximum atomic E-state index is 9.52. The highest BCUT2D eigenvalue weighted by atomic mass is 16.5. The third-order valence-corrected chi connectivity index (χ3v) is 3.35. The highest BCUT2D eigenvalue weighted by Crippen LogP contribution is 2.25. The first-order valence-corrected chi connectivity index (χ1v) is 7.50. The van der Waals surface area contributed by atoms with Gasteiger partial charge in [0.2, 0.25) is 0 Å². The lowest BCUT2D eigenvalue weighted by molar-refractivity contribution is 0.242. The minimum absolute atomic E-state index is 0.0706. The molecule has 4 nitrogen and oxygen atoms in total. The van der Waals surface area contributed by atoms with E-state index in [0.29, 0.717) is 11.4 Å². The van der Waals surface area contributed by atoms with Crippen molar-refractivity contribution in [2.45, 2.75) is 20.0 Å². The molecular formula is C19H17N3O. The Kier molecular flexibility index (Phi) is 4.11. The van der Waals surface area contributed by atoms with Crippen LogP contribution in [0.1, 0.15) is 25.2 Å². The van der Waals surface area contributed by atoms with Gasteiger partial charge in [-0.3, -0.25) is 0 Å². The number of para-hydroxylation sites is 3. The molecule has 4 heteroatoms. The van der Waals surface area contributed by atoms with E-state index >= 15 is 0 Å². The van der Waals surface area contributed by atoms with E-state index in [1.54, 1.807) is 6.08 Å². The number of H-pyrrole nitrogens is 1. The van der Waals surface area contributed by atoms with Gasteiger partial charge in [0.1, 0.15) is 17.6 Å². The van der Waals surface area contributed by atoms with Gasteiger partial charge in [0.25, 0.3) is 0 Å². The molecule has 2 aromatic carbocycles. The molecule has 1 aromatic heterocycles. The monoisotopic (exact) mass is 303 g/mol. The van der Waals surface area contributed by atoms with Crippen molar-refractivity contribution in [3.05, 3.63) is 59.9 Å². The number of hydrogen-bond donors (Lipinski definition) is 1. The minimum atomic E-state index is 0.0706. The predicted octanol–water partition coefficient (Wildman–Crippen LogP) is 4.41. The van der Waals surface area contributed by atoms with Gasteiger partial charge in [-0.1, -0.05) is 30.3 Å². The van der Waals surface area contributed by atoms with Gasteiger partial charge in [0, 0.05) is 5.56 Å². The number of nitrogens with one attached hydrogen (secondary N) is 1. The number of ether oxygens (including phenoxy) is 1. The van der Waals surface area contributed by atoms with Crippen molar-refractivity contribution in [1.29, 1.82) is 5.26 Å². The predicted molar refractivity (Wildman–Crippen MR) is 91.8 cm³/mol. The molecule has 0 saturated heterocycles. The summed E-state index contributed by atoms with van der Waals surface area (Å²) in [6.45, 7) is 3.95. The van der Waals surface area contributed by atoms with Crippen LogP contribution in [0.4, 0.5) is 0 Å². The third kappa shape index (κ3) is 3.24. The zero-order valence-electron chi connectivity index (χ0n) is 13.1. The molecule has 0 fully saturated rings. The second-order valence-corrected chi connectivity index (χ2v) is 5.48. The number of aromatic amines is 1. The number of hydrogen-bond acceptors (Lipinski definition) is 3. The third-order valence-electron chi connectivity index (χ3n) is 3.35. The normalized spacial score (nSPS) is 11.7. The molecule has 3 rings (SSSR count). The van der Waals surface area contributed by atoms with Gasteiger partial charge in [0.15, 0.2) is 0 Å². The van der Waals surface area contributed by atoms with Crippen LogP contribution in [0.25, 0.3) is 22.7 Å². The van der Waals surface area contributed by atoms with Gasteiger partial charge in [0.05, 0.1) is 22.7 Å². The Morgan fingerprint density at radius 2 is 1.91 bits per heavy atom. The van der Waals surface area contributed by atoms with Crippen molar-refractivity contribution >= 4 is 22.7 Å². The van der Waals surface area contributed by atoms with E-state index in [1.165, 1.54) is 0 Å². The fourth-order valence-corrected chi connectivity index (χ4v) is 2.35. The molecule has 0 aliphatic heterocycles. The van der Waals surface area contributed by atoms with Crippen LogP contribution in [0.5, 0.6) is 5.75 Å². The number of nitriles is 1. The molecule has 0 spiro atoms. The fourth-order valence-electron chi connectivity index (χ4n) is 2.35. The summed E-state index contributed by atoms with van der Waals surface area (Å²) < 4.78 is 5.80. The molecule has 3 aromatic rings. The Morgan fingerprint density at radius 3 is 2.65 bits per heavy atom. The van der Waals surface area contributed by atoms with Crippen molar-refractivity contribution < 1.29 is 4.74 Å². The Morgan fingerprint density at radius 1 is 1.17 bits per heavy atom. The summed E-state index contributed by atoms with van der Waals surface area (Å²) in [7, 11) is 0. The highest BCUT2D eigenvalue weighted by molar-refractivity contribution is 5.91. The summed E-state index contributed by atoms with van der Waals surface area (Å²) in [5.74, 6) is 1.32. The number of rotatable bonds is 4. The topological polar surface area (TPSA) is 61.7 Å². The Balaban J connectivity index is 2.04. The van der Waals surface area contributed by atoms with Crippen LogP contribution in [0.15, 0.2) is 48.5 Å². The first-order chi connectivity index (χ1) is 11.2. The second-order valence-electron chi connectivity index (χ2n) is 5.48. The largest absolute Gasteiger partial charge is 0.490 e. The van der Waals surface area contributed by atoms with Crippen LogP contribution in [-0.4, -0.2) is 16.1 Å². The van der Waals surface area contributed by atoms with Gasteiger partial charge in [-0.2, -0.15) is 5.26 Å². The Bertz CT molecular complexity index is 867. The molecule has 0 aliphatic carbocycles. The zero-order chi connectivity index (χ0) is 16.2. The first kappa shape index (κ1) is 14.9. The molecule has 0 atom stereocenters. The number of aromatic nitrogens is 2. The molecule has 0 unspecified atom stereocenters. The van der Waals surface area contributed by atoms with E-state index in [2.05, 4.69) is 16.0 Å². The SMILES string of the molecule is CC(C)Oc1ccccc1C=C(C#N)c1nc2ccccc2[nH]1. The summed E-state index contributed by atoms with van der Waals surface area (Å²) in [4.78, 5) is 7.67. The van der Waals surface area contributed by atoms with Crippen molar-refractivity contribution in [2.75, 3.05) is 0 Å². The molecule has 0 amide bonds. The van der Waals surface area contributed by atoms with Crippen molar-refractivity contribution in [3.63, 3.8) is 0 Å². The molecule has 114 valence electrons. The second kappa shape index (κ2) is 6.37. The van der Waals surface area contributed by atoms with E-state index in [1.807, 2.05) is 62.4 Å². The molecule has 0 radical (unpaired) electrons. The van der Waals surface area contributed by atoms with Crippen molar-refractivity contribution in [1.82, 2.24) is 9.97 Å². The van der Waals surface area contributed by atoms with Gasteiger partial charge < -0.3 is 9.72 Å². The Hall–Kier alpha value is -3.06. The zero-order valence-corrected chi connectivity index (χ0v) is 13.1. The number of imidazole rings is 1. The minimum Gasteiger partial charge on any atom is -0.490 e. The molecular weight excluding hydrogens is 286 g/mol. The summed E-state index contributed by atoms with van der Waals surface area (Å²) in [5.41, 5.74) is 3.09. The van der Waals surface area contributed by atoms with Crippen LogP contribution in [0.3, 0.4) is 0 Å². The van der Waals surface area contributed by atoms with Crippen molar-refractivity contribution in [2.24, 2.45) is 0 Å². The number of fused-ring (bicyclic) bond motifs is 1. The summed E-state index contributed by atoms with van der Waals surface area (Å²) in [6, 6.07) is 17.6. The summed E-state index contributed by atoms with van der Waals surface area (Å²) in [6.07, 6.45) is 1.87. The lowest BCUT2D eigenvalue weighted by Crippen LogP contribution is -2.06. The fraction of sp³-hybridized carbons (Fsp3) is 0.158. The van der Waals surface area contributed by atoms with E-state index in [-0.39, 0.29) is 6.10 Å². The van der Waals surface area contributed by atoms with Crippen molar-refractivity contribution in [3.8, 4) is 11.8 Å². The first-order valence-electron chi connectivity index (χ1n) is 7.50. The van der Waals surface area contributed by atoms with Crippen LogP contribution in [-0.2, 0) is 0 Å². The molecule has 23 heavy (non-hydrogen) atoms. The molecule has 1 heterocycles. The van der Waals surface area contributed by atoms with Gasteiger partial charge in [-0.25, -0.2) is 4.98 Å². The Labute approximate surface area is 135 Å². The number of benzene rings is 2. The molecule has 0 saturated carbocycles. The van der Waals surface area contributed by atoms with E-state index in [9.17, 15) is 5.26 Å². The van der Waals surface area contributed by atoms with Crippen LogP contribution < -0.4 is 4.74 Å². The summed E-state index contributed by atoms with van der Waals surface area (Å²) >= 11 is 0. The maximum absolute atomic E-state index is 9.52. The lowest BCUT2D eigenvalue weighted by atomic mass is 10.1. The van der Waals surface area contributed by atoms with Gasteiger partial charge >= 0.3 is 0 Å². The van der Waals surface area contributed by atoms with Gasteiger partial charge in [-0.05, 0) is 38.1 Å².